The number of rotatable bonds is 11. The van der Waals surface area contributed by atoms with Gasteiger partial charge in [-0.15, -0.1) is 0 Å². The van der Waals surface area contributed by atoms with Gasteiger partial charge in [0.05, 0.1) is 26.9 Å². The van der Waals surface area contributed by atoms with E-state index in [1.54, 1.807) is 18.2 Å². The highest BCUT2D eigenvalue weighted by atomic mass is 32.1. The van der Waals surface area contributed by atoms with Gasteiger partial charge in [0.15, 0.2) is 17.1 Å². The van der Waals surface area contributed by atoms with Crippen molar-refractivity contribution in [1.82, 2.24) is 4.37 Å². The zero-order valence-electron chi connectivity index (χ0n) is 18.7. The number of hydrogen-bond donors (Lipinski definition) is 1. The number of alkyl halides is 2. The molecule has 1 heterocycles. The number of methoxy groups -OCH3 is 3. The third-order valence-corrected chi connectivity index (χ3v) is 5.49. The van der Waals surface area contributed by atoms with Crippen molar-refractivity contribution in [2.24, 2.45) is 0 Å². The van der Waals surface area contributed by atoms with Crippen LogP contribution in [0.4, 0.5) is 22.6 Å². The van der Waals surface area contributed by atoms with Crippen molar-refractivity contribution in [2.45, 2.75) is 19.8 Å². The van der Waals surface area contributed by atoms with Gasteiger partial charge in [-0.2, -0.15) is 13.2 Å². The van der Waals surface area contributed by atoms with Crippen LogP contribution in [-0.2, 0) is 17.9 Å². The summed E-state index contributed by atoms with van der Waals surface area (Å²) in [5.41, 5.74) is -0.0461. The number of ether oxygens (including phenoxy) is 5. The Labute approximate surface area is 201 Å². The van der Waals surface area contributed by atoms with Gasteiger partial charge in [-0.05, 0) is 35.8 Å². The minimum absolute atomic E-state index is 0.106. The first kappa shape index (κ1) is 25.9. The third-order valence-electron chi connectivity index (χ3n) is 4.70. The van der Waals surface area contributed by atoms with E-state index in [-0.39, 0.29) is 23.0 Å². The van der Waals surface area contributed by atoms with Crippen LogP contribution in [0.5, 0.6) is 23.1 Å². The number of benzene rings is 2. The fourth-order valence-corrected chi connectivity index (χ4v) is 3.70. The first-order chi connectivity index (χ1) is 16.8. The van der Waals surface area contributed by atoms with E-state index in [0.717, 1.165) is 36.3 Å². The molecule has 0 atom stereocenters. The summed E-state index contributed by atoms with van der Waals surface area (Å²) in [6.07, 6.45) is 0. The molecule has 2 aromatic carbocycles. The number of nitrogens with zero attached hydrogens (tertiary/aromatic N) is 1. The normalized spacial score (nSPS) is 10.7. The highest BCUT2D eigenvalue weighted by Gasteiger charge is 2.25. The van der Waals surface area contributed by atoms with Crippen LogP contribution in [-0.4, -0.2) is 38.3 Å². The summed E-state index contributed by atoms with van der Waals surface area (Å²) in [5, 5.41) is 3.30. The summed E-state index contributed by atoms with van der Waals surface area (Å²) in [6.45, 7) is -3.83. The van der Waals surface area contributed by atoms with Crippen LogP contribution in [0.15, 0.2) is 30.3 Å². The molecule has 0 bridgehead atoms. The van der Waals surface area contributed by atoms with Crippen molar-refractivity contribution in [2.75, 3.05) is 26.6 Å². The third kappa shape index (κ3) is 6.04. The van der Waals surface area contributed by atoms with Crippen LogP contribution in [0.3, 0.4) is 0 Å². The van der Waals surface area contributed by atoms with Gasteiger partial charge in [-0.3, -0.25) is 0 Å². The van der Waals surface area contributed by atoms with Crippen molar-refractivity contribution in [3.63, 3.8) is 0 Å². The molecule has 8 nitrogen and oxygen atoms in total. The average Bonchev–Trinajstić information content (AvgIpc) is 3.26. The van der Waals surface area contributed by atoms with Crippen molar-refractivity contribution < 1.29 is 46.0 Å². The molecule has 0 aliphatic heterocycles. The molecule has 35 heavy (non-hydrogen) atoms. The maximum atomic E-state index is 14.4. The second-order valence-corrected chi connectivity index (χ2v) is 7.49. The Balaban J connectivity index is 1.82. The fraction of sp³-hybridized carbons (Fsp3) is 0.273. The van der Waals surface area contributed by atoms with Crippen LogP contribution < -0.4 is 24.3 Å². The summed E-state index contributed by atoms with van der Waals surface area (Å²) in [6, 6.07) is 6.68. The Morgan fingerprint density at radius 3 is 2.51 bits per heavy atom. The molecule has 0 saturated carbocycles. The zero-order valence-corrected chi connectivity index (χ0v) is 19.5. The first-order valence-electron chi connectivity index (χ1n) is 9.86. The summed E-state index contributed by atoms with van der Waals surface area (Å²) >= 11 is 0.852. The van der Waals surface area contributed by atoms with Gasteiger partial charge in [0.1, 0.15) is 28.9 Å². The molecule has 0 unspecified atom stereocenters. The van der Waals surface area contributed by atoms with Crippen LogP contribution in [0.2, 0.25) is 0 Å². The predicted molar refractivity (Wildman–Crippen MR) is 118 cm³/mol. The van der Waals surface area contributed by atoms with Gasteiger partial charge >= 0.3 is 12.6 Å². The second-order valence-electron chi connectivity index (χ2n) is 6.72. The van der Waals surface area contributed by atoms with E-state index in [2.05, 4.69) is 14.4 Å². The topological polar surface area (TPSA) is 88.1 Å². The van der Waals surface area contributed by atoms with Crippen LogP contribution in [0.25, 0.3) is 0 Å². The lowest BCUT2D eigenvalue weighted by Gasteiger charge is -2.12. The summed E-state index contributed by atoms with van der Waals surface area (Å²) in [4.78, 5) is 12.4. The molecule has 0 aliphatic rings. The van der Waals surface area contributed by atoms with Gasteiger partial charge in [0.2, 0.25) is 5.88 Å². The Kier molecular flexibility index (Phi) is 8.58. The van der Waals surface area contributed by atoms with Crippen LogP contribution >= 0.6 is 11.5 Å². The van der Waals surface area contributed by atoms with Gasteiger partial charge in [-0.25, -0.2) is 13.6 Å². The molecule has 0 aliphatic carbocycles. The molecule has 0 amide bonds. The van der Waals surface area contributed by atoms with E-state index in [1.165, 1.54) is 14.2 Å². The molecule has 1 aromatic heterocycles. The van der Waals surface area contributed by atoms with Gasteiger partial charge in [0, 0.05) is 18.2 Å². The van der Waals surface area contributed by atoms with E-state index in [0.29, 0.717) is 11.5 Å². The van der Waals surface area contributed by atoms with Crippen molar-refractivity contribution in [3.8, 4) is 23.1 Å². The molecule has 1 N–H and O–H groups in total. The minimum atomic E-state index is -3.30. The van der Waals surface area contributed by atoms with Gasteiger partial charge < -0.3 is 29.0 Å². The summed E-state index contributed by atoms with van der Waals surface area (Å²) < 4.78 is 82.2. The maximum Gasteiger partial charge on any atom is 0.387 e. The number of carbonyl (C=O) groups excluding carboxylic acids is 1. The lowest BCUT2D eigenvalue weighted by molar-refractivity contribution is -0.0524. The Bertz CT molecular complexity index is 1190. The molecule has 13 heteroatoms. The number of carbonyl (C=O) groups is 1. The lowest BCUT2D eigenvalue weighted by atomic mass is 10.2. The smallest absolute Gasteiger partial charge is 0.387 e. The molecule has 3 aromatic rings. The number of halogens is 4. The number of aromatic nitrogens is 1. The number of esters is 1. The van der Waals surface area contributed by atoms with Crippen LogP contribution in [0.1, 0.15) is 21.5 Å². The molecule has 0 fully saturated rings. The Morgan fingerprint density at radius 1 is 1.09 bits per heavy atom. The number of hydrogen-bond acceptors (Lipinski definition) is 9. The zero-order chi connectivity index (χ0) is 25.5. The quantitative estimate of drug-likeness (QED) is 0.281. The number of anilines is 1. The molecule has 188 valence electrons. The van der Waals surface area contributed by atoms with Crippen molar-refractivity contribution in [3.05, 3.63) is 58.7 Å². The van der Waals surface area contributed by atoms with Crippen molar-refractivity contribution in [1.29, 1.82) is 0 Å². The molecular formula is C22H20F4N2O6S. The predicted octanol–water partition coefficient (Wildman–Crippen LogP) is 5.02. The van der Waals surface area contributed by atoms with Crippen molar-refractivity contribution >= 4 is 22.5 Å². The van der Waals surface area contributed by atoms with Crippen LogP contribution in [0, 0.1) is 11.6 Å². The SMILES string of the molecule is COC(=O)c1c(OCc2c(F)ccc(OC(F)F)c2F)nsc1NCc1ccc(OC)cc1OC. The van der Waals surface area contributed by atoms with E-state index >= 15 is 0 Å². The molecule has 0 spiro atoms. The monoisotopic (exact) mass is 516 g/mol. The largest absolute Gasteiger partial charge is 0.497 e. The summed E-state index contributed by atoms with van der Waals surface area (Å²) in [5.74, 6) is -3.19. The highest BCUT2D eigenvalue weighted by Crippen LogP contribution is 2.34. The van der Waals surface area contributed by atoms with Gasteiger partial charge in [0.25, 0.3) is 0 Å². The average molecular weight is 516 g/mol. The lowest BCUT2D eigenvalue weighted by Crippen LogP contribution is -2.11. The van der Waals surface area contributed by atoms with Gasteiger partial charge in [-0.1, -0.05) is 0 Å². The maximum absolute atomic E-state index is 14.4. The minimum Gasteiger partial charge on any atom is -0.497 e. The van der Waals surface area contributed by atoms with E-state index < -0.39 is 42.1 Å². The van der Waals surface area contributed by atoms with E-state index in [1.807, 2.05) is 0 Å². The van der Waals surface area contributed by atoms with E-state index in [4.69, 9.17) is 18.9 Å². The number of nitrogens with one attached hydrogen (secondary N) is 1. The molecule has 0 radical (unpaired) electrons. The van der Waals surface area contributed by atoms with E-state index in [9.17, 15) is 22.4 Å². The Hall–Kier alpha value is -3.74. The highest BCUT2D eigenvalue weighted by molar-refractivity contribution is 7.10. The molecular weight excluding hydrogens is 496 g/mol. The standard InChI is InChI=1S/C22H20F4N2O6S/c1-30-12-5-4-11(16(8-12)31-2)9-27-20-17(21(29)32-3)19(28-35-20)33-10-13-14(23)6-7-15(18(13)24)34-22(25)26/h4-8,22,27H,9-10H2,1-3H3. The summed E-state index contributed by atoms with van der Waals surface area (Å²) in [7, 11) is 4.16. The second kappa shape index (κ2) is 11.6. The Morgan fingerprint density at radius 2 is 1.86 bits per heavy atom. The first-order valence-corrected chi connectivity index (χ1v) is 10.6. The fourth-order valence-electron chi connectivity index (χ4n) is 2.99. The molecule has 3 rings (SSSR count). The molecule has 0 saturated heterocycles.